The summed E-state index contributed by atoms with van der Waals surface area (Å²) in [5, 5.41) is 3.86. The van der Waals surface area contributed by atoms with Crippen molar-refractivity contribution in [3.05, 3.63) is 64.5 Å². The first-order valence-electron chi connectivity index (χ1n) is 8.92. The third-order valence-corrected chi connectivity index (χ3v) is 5.36. The van der Waals surface area contributed by atoms with Gasteiger partial charge in [0.25, 0.3) is 0 Å². The Kier molecular flexibility index (Phi) is 5.79. The third kappa shape index (κ3) is 4.57. The number of hydrogen-bond donors (Lipinski definition) is 1. The quantitative estimate of drug-likeness (QED) is 0.480. The number of carbonyl (C=O) groups is 1. The smallest absolute Gasteiger partial charge is 0.336 e. The number of amides is 1. The van der Waals surface area contributed by atoms with Crippen molar-refractivity contribution in [2.24, 2.45) is 5.41 Å². The maximum atomic E-state index is 12.4. The monoisotopic (exact) mass is 397 g/mol. The van der Waals surface area contributed by atoms with Crippen molar-refractivity contribution in [2.45, 2.75) is 31.4 Å². The first-order chi connectivity index (χ1) is 13.3. The van der Waals surface area contributed by atoms with E-state index in [0.29, 0.717) is 17.1 Å². The molecule has 0 saturated carbocycles. The minimum absolute atomic E-state index is 0.0431. The SMILES string of the molecule is COc1ccc2c(CSc3ccccc3NC(=O)C(C)(C)C)cc(=O)oc2c1. The Labute approximate surface area is 168 Å². The number of benzene rings is 2. The topological polar surface area (TPSA) is 68.5 Å². The van der Waals surface area contributed by atoms with Crippen molar-refractivity contribution in [1.82, 2.24) is 0 Å². The van der Waals surface area contributed by atoms with E-state index in [9.17, 15) is 9.59 Å². The number of carbonyl (C=O) groups excluding carboxylic acids is 1. The van der Waals surface area contributed by atoms with Crippen LogP contribution in [0.25, 0.3) is 11.0 Å². The Hall–Kier alpha value is -2.73. The van der Waals surface area contributed by atoms with Gasteiger partial charge in [-0.1, -0.05) is 32.9 Å². The highest BCUT2D eigenvalue weighted by atomic mass is 32.2. The van der Waals surface area contributed by atoms with E-state index in [0.717, 1.165) is 21.5 Å². The molecular formula is C22H23NO4S. The van der Waals surface area contributed by atoms with Crippen LogP contribution in [-0.4, -0.2) is 13.0 Å². The van der Waals surface area contributed by atoms with Crippen molar-refractivity contribution in [3.63, 3.8) is 0 Å². The second-order valence-corrected chi connectivity index (χ2v) is 8.46. The number of anilines is 1. The molecule has 146 valence electrons. The van der Waals surface area contributed by atoms with Gasteiger partial charge >= 0.3 is 5.63 Å². The lowest BCUT2D eigenvalue weighted by molar-refractivity contribution is -0.123. The normalized spacial score (nSPS) is 11.4. The molecule has 0 unspecified atom stereocenters. The predicted octanol–water partition coefficient (Wildman–Crippen LogP) is 5.08. The number of nitrogens with one attached hydrogen (secondary N) is 1. The second kappa shape index (κ2) is 8.10. The fourth-order valence-electron chi connectivity index (χ4n) is 2.62. The van der Waals surface area contributed by atoms with Gasteiger partial charge in [0.15, 0.2) is 0 Å². The summed E-state index contributed by atoms with van der Waals surface area (Å²) in [7, 11) is 1.57. The lowest BCUT2D eigenvalue weighted by atomic mass is 9.95. The molecule has 0 saturated heterocycles. The molecule has 0 aliphatic rings. The van der Waals surface area contributed by atoms with Crippen LogP contribution < -0.4 is 15.7 Å². The number of rotatable bonds is 5. The average Bonchev–Trinajstić information content (AvgIpc) is 2.65. The average molecular weight is 397 g/mol. The lowest BCUT2D eigenvalue weighted by Gasteiger charge is -2.19. The summed E-state index contributed by atoms with van der Waals surface area (Å²) in [6, 6.07) is 14.6. The molecule has 5 nitrogen and oxygen atoms in total. The second-order valence-electron chi connectivity index (χ2n) is 7.44. The summed E-state index contributed by atoms with van der Waals surface area (Å²) >= 11 is 1.56. The molecule has 0 radical (unpaired) electrons. The Morgan fingerprint density at radius 3 is 2.61 bits per heavy atom. The zero-order chi connectivity index (χ0) is 20.3. The minimum atomic E-state index is -0.481. The maximum absolute atomic E-state index is 12.4. The van der Waals surface area contributed by atoms with Gasteiger partial charge in [-0.3, -0.25) is 4.79 Å². The minimum Gasteiger partial charge on any atom is -0.497 e. The van der Waals surface area contributed by atoms with Gasteiger partial charge in [0.05, 0.1) is 12.8 Å². The molecule has 0 fully saturated rings. The van der Waals surface area contributed by atoms with Gasteiger partial charge in [-0.15, -0.1) is 11.8 Å². The van der Waals surface area contributed by atoms with E-state index in [2.05, 4.69) is 5.32 Å². The maximum Gasteiger partial charge on any atom is 0.336 e. The molecule has 2 aromatic carbocycles. The Bertz CT molecular complexity index is 1070. The molecule has 3 aromatic rings. The van der Waals surface area contributed by atoms with Crippen molar-refractivity contribution in [3.8, 4) is 5.75 Å². The van der Waals surface area contributed by atoms with Crippen molar-refractivity contribution in [2.75, 3.05) is 12.4 Å². The molecule has 0 aliphatic carbocycles. The van der Waals surface area contributed by atoms with Crippen molar-refractivity contribution < 1.29 is 13.9 Å². The van der Waals surface area contributed by atoms with Gasteiger partial charge in [-0.05, 0) is 29.8 Å². The van der Waals surface area contributed by atoms with E-state index in [1.165, 1.54) is 6.07 Å². The van der Waals surface area contributed by atoms with Crippen LogP contribution in [0.5, 0.6) is 5.75 Å². The van der Waals surface area contributed by atoms with Crippen LogP contribution in [0.3, 0.4) is 0 Å². The molecule has 0 atom stereocenters. The van der Waals surface area contributed by atoms with Crippen LogP contribution in [0.1, 0.15) is 26.3 Å². The Morgan fingerprint density at radius 1 is 1.14 bits per heavy atom. The number of thioether (sulfide) groups is 1. The van der Waals surface area contributed by atoms with Crippen LogP contribution in [-0.2, 0) is 10.5 Å². The molecule has 1 N–H and O–H groups in total. The molecule has 1 heterocycles. The highest BCUT2D eigenvalue weighted by molar-refractivity contribution is 7.98. The van der Waals surface area contributed by atoms with Gasteiger partial charge in [0.2, 0.25) is 5.91 Å². The number of ether oxygens (including phenoxy) is 1. The molecular weight excluding hydrogens is 374 g/mol. The number of methoxy groups -OCH3 is 1. The molecule has 0 aliphatic heterocycles. The van der Waals surface area contributed by atoms with E-state index in [1.807, 2.05) is 57.2 Å². The number of fused-ring (bicyclic) bond motifs is 1. The number of para-hydroxylation sites is 1. The van der Waals surface area contributed by atoms with E-state index < -0.39 is 11.0 Å². The van der Waals surface area contributed by atoms with Crippen LogP contribution in [0.15, 0.2) is 62.6 Å². The molecule has 6 heteroatoms. The summed E-state index contributed by atoms with van der Waals surface area (Å²) < 4.78 is 10.5. The summed E-state index contributed by atoms with van der Waals surface area (Å²) in [4.78, 5) is 25.3. The fraction of sp³-hybridized carbons (Fsp3) is 0.273. The van der Waals surface area contributed by atoms with Crippen LogP contribution in [0, 0.1) is 5.41 Å². The van der Waals surface area contributed by atoms with E-state index >= 15 is 0 Å². The van der Waals surface area contributed by atoms with Gasteiger partial charge in [-0.25, -0.2) is 4.79 Å². The van der Waals surface area contributed by atoms with Crippen LogP contribution >= 0.6 is 11.8 Å². The van der Waals surface area contributed by atoms with E-state index in [-0.39, 0.29) is 5.91 Å². The first kappa shape index (κ1) is 20.0. The zero-order valence-electron chi connectivity index (χ0n) is 16.4. The summed E-state index contributed by atoms with van der Waals surface area (Å²) in [6.07, 6.45) is 0. The zero-order valence-corrected chi connectivity index (χ0v) is 17.2. The fourth-order valence-corrected chi connectivity index (χ4v) is 3.62. The molecule has 28 heavy (non-hydrogen) atoms. The van der Waals surface area contributed by atoms with Crippen LogP contribution in [0.4, 0.5) is 5.69 Å². The van der Waals surface area contributed by atoms with E-state index in [1.54, 1.807) is 24.9 Å². The third-order valence-electron chi connectivity index (χ3n) is 4.24. The highest BCUT2D eigenvalue weighted by Crippen LogP contribution is 2.33. The van der Waals surface area contributed by atoms with E-state index in [4.69, 9.17) is 9.15 Å². The summed E-state index contributed by atoms with van der Waals surface area (Å²) in [5.74, 6) is 1.16. The van der Waals surface area contributed by atoms with Crippen molar-refractivity contribution in [1.29, 1.82) is 0 Å². The Balaban J connectivity index is 1.87. The highest BCUT2D eigenvalue weighted by Gasteiger charge is 2.22. The summed E-state index contributed by atoms with van der Waals surface area (Å²) in [6.45, 7) is 5.63. The molecule has 0 bridgehead atoms. The molecule has 1 aromatic heterocycles. The van der Waals surface area contributed by atoms with Gasteiger partial charge < -0.3 is 14.5 Å². The van der Waals surface area contributed by atoms with Gasteiger partial charge in [-0.2, -0.15) is 0 Å². The standard InChI is InChI=1S/C22H23NO4S/c1-22(2,3)21(25)23-17-7-5-6-8-19(17)28-13-14-11-20(24)27-18-12-15(26-4)9-10-16(14)18/h5-12H,13H2,1-4H3,(H,23,25). The largest absolute Gasteiger partial charge is 0.497 e. The van der Waals surface area contributed by atoms with Gasteiger partial charge in [0.1, 0.15) is 11.3 Å². The lowest BCUT2D eigenvalue weighted by Crippen LogP contribution is -2.27. The first-order valence-corrected chi connectivity index (χ1v) is 9.90. The van der Waals surface area contributed by atoms with Crippen molar-refractivity contribution >= 4 is 34.3 Å². The Morgan fingerprint density at radius 2 is 1.89 bits per heavy atom. The van der Waals surface area contributed by atoms with Gasteiger partial charge in [0, 0.05) is 33.6 Å². The predicted molar refractivity (Wildman–Crippen MR) is 113 cm³/mol. The number of hydrogen-bond acceptors (Lipinski definition) is 5. The summed E-state index contributed by atoms with van der Waals surface area (Å²) in [5.41, 5.74) is 1.26. The van der Waals surface area contributed by atoms with Crippen LogP contribution in [0.2, 0.25) is 0 Å². The molecule has 0 spiro atoms. The molecule has 3 rings (SSSR count). The molecule has 1 amide bonds.